The molecule has 1 aliphatic heterocycles. The van der Waals surface area contributed by atoms with Crippen LogP contribution in [-0.2, 0) is 6.54 Å². The molecule has 3 aromatic heterocycles. The van der Waals surface area contributed by atoms with E-state index in [2.05, 4.69) is 51.0 Å². The van der Waals surface area contributed by atoms with Gasteiger partial charge in [-0.2, -0.15) is 0 Å². The summed E-state index contributed by atoms with van der Waals surface area (Å²) in [5.74, 6) is 0. The fraction of sp³-hybridized carbons (Fsp3) is 0.286. The van der Waals surface area contributed by atoms with Gasteiger partial charge in [0.2, 0.25) is 0 Å². The van der Waals surface area contributed by atoms with Gasteiger partial charge in [-0.05, 0) is 25.1 Å². The van der Waals surface area contributed by atoms with Crippen molar-refractivity contribution in [3.63, 3.8) is 0 Å². The van der Waals surface area contributed by atoms with E-state index in [-0.39, 0.29) is 5.56 Å². The SMILES string of the molecule is Cc1ccc2nccc(N3CCN(Cc4cc(=O)n5ccsc5n4)CC3)c2c1. The maximum Gasteiger partial charge on any atom is 0.258 e. The van der Waals surface area contributed by atoms with Crippen molar-refractivity contribution in [1.82, 2.24) is 19.3 Å². The fourth-order valence-electron chi connectivity index (χ4n) is 3.87. The van der Waals surface area contributed by atoms with Crippen LogP contribution in [0.3, 0.4) is 0 Å². The van der Waals surface area contributed by atoms with Crippen LogP contribution in [0.15, 0.2) is 52.9 Å². The summed E-state index contributed by atoms with van der Waals surface area (Å²) in [4.78, 5) is 26.9. The minimum Gasteiger partial charge on any atom is -0.368 e. The number of benzene rings is 1. The van der Waals surface area contributed by atoms with E-state index in [1.165, 1.54) is 28.0 Å². The van der Waals surface area contributed by atoms with Gasteiger partial charge < -0.3 is 4.90 Å². The van der Waals surface area contributed by atoms with Crippen molar-refractivity contribution in [2.45, 2.75) is 13.5 Å². The molecule has 142 valence electrons. The lowest BCUT2D eigenvalue weighted by molar-refractivity contribution is 0.247. The number of nitrogens with zero attached hydrogens (tertiary/aromatic N) is 5. The monoisotopic (exact) mass is 391 g/mol. The molecule has 0 spiro atoms. The lowest BCUT2D eigenvalue weighted by atomic mass is 10.1. The molecule has 0 saturated carbocycles. The van der Waals surface area contributed by atoms with E-state index in [0.29, 0.717) is 6.54 Å². The normalized spacial score (nSPS) is 15.5. The summed E-state index contributed by atoms with van der Waals surface area (Å²) in [6.07, 6.45) is 3.67. The van der Waals surface area contributed by atoms with Crippen LogP contribution >= 0.6 is 11.3 Å². The number of pyridine rings is 1. The maximum absolute atomic E-state index is 12.2. The molecule has 1 fully saturated rings. The third kappa shape index (κ3) is 3.16. The molecular weight excluding hydrogens is 370 g/mol. The number of hydrogen-bond donors (Lipinski definition) is 0. The molecule has 0 unspecified atom stereocenters. The topological polar surface area (TPSA) is 53.7 Å². The van der Waals surface area contributed by atoms with Crippen molar-refractivity contribution >= 4 is 32.9 Å². The Balaban J connectivity index is 1.32. The highest BCUT2D eigenvalue weighted by Crippen LogP contribution is 2.27. The Hall–Kier alpha value is -2.77. The molecule has 1 aromatic carbocycles. The maximum atomic E-state index is 12.2. The van der Waals surface area contributed by atoms with Gasteiger partial charge in [0.05, 0.1) is 11.2 Å². The largest absolute Gasteiger partial charge is 0.368 e. The summed E-state index contributed by atoms with van der Waals surface area (Å²) >= 11 is 1.50. The Morgan fingerprint density at radius 2 is 1.96 bits per heavy atom. The van der Waals surface area contributed by atoms with E-state index in [0.717, 1.165) is 42.4 Å². The van der Waals surface area contributed by atoms with Crippen LogP contribution in [0.1, 0.15) is 11.3 Å². The van der Waals surface area contributed by atoms with Gasteiger partial charge >= 0.3 is 0 Å². The third-order valence-electron chi connectivity index (χ3n) is 5.33. The number of anilines is 1. The quantitative estimate of drug-likeness (QED) is 0.537. The molecule has 0 atom stereocenters. The zero-order valence-electron chi connectivity index (χ0n) is 15.7. The van der Waals surface area contributed by atoms with Crippen molar-refractivity contribution < 1.29 is 0 Å². The van der Waals surface area contributed by atoms with Crippen molar-refractivity contribution in [3.8, 4) is 0 Å². The van der Waals surface area contributed by atoms with Crippen molar-refractivity contribution in [2.24, 2.45) is 0 Å². The second kappa shape index (κ2) is 7.00. The summed E-state index contributed by atoms with van der Waals surface area (Å²) in [6.45, 7) is 6.63. The minimum atomic E-state index is -0.00138. The van der Waals surface area contributed by atoms with Crippen LogP contribution in [-0.4, -0.2) is 45.4 Å². The van der Waals surface area contributed by atoms with Gasteiger partial charge in [-0.3, -0.25) is 19.1 Å². The second-order valence-corrected chi connectivity index (χ2v) is 8.13. The Morgan fingerprint density at radius 3 is 2.82 bits per heavy atom. The van der Waals surface area contributed by atoms with Gasteiger partial charge in [0.15, 0.2) is 4.96 Å². The van der Waals surface area contributed by atoms with Crippen molar-refractivity contribution in [3.05, 3.63) is 69.7 Å². The smallest absolute Gasteiger partial charge is 0.258 e. The molecule has 5 rings (SSSR count). The summed E-state index contributed by atoms with van der Waals surface area (Å²) in [5, 5.41) is 3.11. The molecule has 0 amide bonds. The molecule has 1 aliphatic rings. The Morgan fingerprint density at radius 1 is 1.11 bits per heavy atom. The zero-order valence-corrected chi connectivity index (χ0v) is 16.5. The number of thiazole rings is 1. The highest BCUT2D eigenvalue weighted by Gasteiger charge is 2.20. The van der Waals surface area contributed by atoms with Gasteiger partial charge in [0.1, 0.15) is 0 Å². The van der Waals surface area contributed by atoms with Gasteiger partial charge in [-0.1, -0.05) is 11.6 Å². The minimum absolute atomic E-state index is 0.00138. The highest BCUT2D eigenvalue weighted by atomic mass is 32.1. The zero-order chi connectivity index (χ0) is 19.1. The first-order valence-electron chi connectivity index (χ1n) is 9.46. The lowest BCUT2D eigenvalue weighted by Crippen LogP contribution is -2.46. The van der Waals surface area contributed by atoms with Crippen LogP contribution in [0.2, 0.25) is 0 Å². The molecule has 0 bridgehead atoms. The van der Waals surface area contributed by atoms with E-state index < -0.39 is 0 Å². The van der Waals surface area contributed by atoms with Crippen molar-refractivity contribution in [1.29, 1.82) is 0 Å². The number of aryl methyl sites for hydroxylation is 1. The van der Waals surface area contributed by atoms with Gasteiger partial charge in [-0.25, -0.2) is 4.98 Å². The molecule has 4 aromatic rings. The van der Waals surface area contributed by atoms with E-state index in [1.807, 2.05) is 11.6 Å². The second-order valence-electron chi connectivity index (χ2n) is 7.26. The third-order valence-corrected chi connectivity index (χ3v) is 6.09. The van der Waals surface area contributed by atoms with E-state index in [4.69, 9.17) is 0 Å². The van der Waals surface area contributed by atoms with E-state index in [9.17, 15) is 4.79 Å². The fourth-order valence-corrected chi connectivity index (χ4v) is 4.60. The van der Waals surface area contributed by atoms with Crippen LogP contribution in [0.5, 0.6) is 0 Å². The number of hydrogen-bond acceptors (Lipinski definition) is 6. The number of aromatic nitrogens is 3. The molecule has 1 saturated heterocycles. The summed E-state index contributed by atoms with van der Waals surface area (Å²) in [7, 11) is 0. The Kier molecular flexibility index (Phi) is 4.33. The summed E-state index contributed by atoms with van der Waals surface area (Å²) < 4.78 is 1.60. The lowest BCUT2D eigenvalue weighted by Gasteiger charge is -2.36. The first-order chi connectivity index (χ1) is 13.7. The van der Waals surface area contributed by atoms with Crippen molar-refractivity contribution in [2.75, 3.05) is 31.1 Å². The average Bonchev–Trinajstić information content (AvgIpc) is 3.17. The van der Waals surface area contributed by atoms with E-state index in [1.54, 1.807) is 16.7 Å². The van der Waals surface area contributed by atoms with Gasteiger partial charge in [0.25, 0.3) is 5.56 Å². The summed E-state index contributed by atoms with van der Waals surface area (Å²) in [5.41, 5.74) is 4.40. The first kappa shape index (κ1) is 17.3. The molecule has 6 nitrogen and oxygen atoms in total. The molecule has 0 N–H and O–H groups in total. The first-order valence-corrected chi connectivity index (χ1v) is 10.3. The van der Waals surface area contributed by atoms with Crippen LogP contribution < -0.4 is 10.5 Å². The molecule has 4 heterocycles. The van der Waals surface area contributed by atoms with Crippen LogP contribution in [0, 0.1) is 6.92 Å². The number of fused-ring (bicyclic) bond motifs is 2. The molecule has 0 aliphatic carbocycles. The Bertz CT molecular complexity index is 1210. The van der Waals surface area contributed by atoms with Gasteiger partial charge in [0, 0.05) is 67.6 Å². The predicted octanol–water partition coefficient (Wildman–Crippen LogP) is 2.93. The predicted molar refractivity (Wildman–Crippen MR) is 113 cm³/mol. The van der Waals surface area contributed by atoms with Gasteiger partial charge in [-0.15, -0.1) is 11.3 Å². The summed E-state index contributed by atoms with van der Waals surface area (Å²) in [6, 6.07) is 10.2. The molecule has 28 heavy (non-hydrogen) atoms. The average molecular weight is 392 g/mol. The molecule has 0 radical (unpaired) electrons. The number of piperazine rings is 1. The Labute approximate surface area is 166 Å². The standard InChI is InChI=1S/C21H21N5OS/c1-15-2-3-18-17(12-15)19(4-5-22-18)25-8-6-24(7-9-25)14-16-13-20(27)26-10-11-28-21(26)23-16/h2-5,10-13H,6-9,14H2,1H3. The number of rotatable bonds is 3. The van der Waals surface area contributed by atoms with E-state index >= 15 is 0 Å². The molecule has 7 heteroatoms. The molecular formula is C21H21N5OS. The van der Waals surface area contributed by atoms with Crippen LogP contribution in [0.4, 0.5) is 5.69 Å². The van der Waals surface area contributed by atoms with Crippen LogP contribution in [0.25, 0.3) is 15.9 Å². The highest BCUT2D eigenvalue weighted by molar-refractivity contribution is 7.15.